The van der Waals surface area contributed by atoms with E-state index >= 15 is 0 Å². The van der Waals surface area contributed by atoms with Gasteiger partial charge in [-0.2, -0.15) is 0 Å². The second-order valence-corrected chi connectivity index (χ2v) is 6.46. The van der Waals surface area contributed by atoms with Crippen LogP contribution in [0.4, 0.5) is 5.82 Å². The molecule has 19 heavy (non-hydrogen) atoms. The first-order chi connectivity index (χ1) is 8.99. The number of aromatic nitrogens is 1. The Balaban J connectivity index is 2.14. The Morgan fingerprint density at radius 1 is 1.21 bits per heavy atom. The Labute approximate surface area is 120 Å². The molecule has 1 aromatic carbocycles. The van der Waals surface area contributed by atoms with E-state index in [-0.39, 0.29) is 17.3 Å². The molecule has 0 aliphatic carbocycles. The fraction of sp³-hybridized carbons (Fsp3) is 0.0833. The lowest BCUT2D eigenvalue weighted by Crippen LogP contribution is -2.23. The van der Waals surface area contributed by atoms with Gasteiger partial charge in [-0.25, -0.2) is 18.1 Å². The van der Waals surface area contributed by atoms with Gasteiger partial charge in [-0.15, -0.1) is 0 Å². The third kappa shape index (κ3) is 3.52. The van der Waals surface area contributed by atoms with E-state index in [0.717, 1.165) is 10.0 Å². The van der Waals surface area contributed by atoms with Crippen molar-refractivity contribution in [2.24, 2.45) is 0 Å². The second kappa shape index (κ2) is 5.68. The summed E-state index contributed by atoms with van der Waals surface area (Å²) in [6.07, 6.45) is 1.23. The number of halogens is 1. The number of nitrogens with one attached hydrogen (secondary N) is 1. The molecule has 1 aromatic heterocycles. The molecule has 0 aliphatic heterocycles. The molecule has 3 N–H and O–H groups in total. The van der Waals surface area contributed by atoms with Crippen molar-refractivity contribution in [2.75, 3.05) is 5.73 Å². The average molecular weight is 342 g/mol. The highest BCUT2D eigenvalue weighted by Gasteiger charge is 2.14. The molecule has 0 fully saturated rings. The summed E-state index contributed by atoms with van der Waals surface area (Å²) >= 11 is 3.37. The quantitative estimate of drug-likeness (QED) is 0.889. The molecule has 0 atom stereocenters. The van der Waals surface area contributed by atoms with Crippen LogP contribution >= 0.6 is 15.9 Å². The minimum atomic E-state index is -3.58. The van der Waals surface area contributed by atoms with Gasteiger partial charge in [0.1, 0.15) is 10.7 Å². The van der Waals surface area contributed by atoms with Crippen LogP contribution in [0, 0.1) is 0 Å². The van der Waals surface area contributed by atoms with Crippen LogP contribution in [0.25, 0.3) is 0 Å². The first kappa shape index (κ1) is 14.0. The van der Waals surface area contributed by atoms with Gasteiger partial charge in [0.05, 0.1) is 0 Å². The van der Waals surface area contributed by atoms with E-state index in [1.54, 1.807) is 0 Å². The van der Waals surface area contributed by atoms with Crippen molar-refractivity contribution in [1.29, 1.82) is 0 Å². The summed E-state index contributed by atoms with van der Waals surface area (Å²) in [6, 6.07) is 10.3. The zero-order valence-electron chi connectivity index (χ0n) is 9.88. The first-order valence-electron chi connectivity index (χ1n) is 5.43. The molecule has 0 amide bonds. The number of nitrogens with two attached hydrogens (primary N) is 1. The highest BCUT2D eigenvalue weighted by Crippen LogP contribution is 2.16. The molecule has 2 rings (SSSR count). The standard InChI is InChI=1S/C12H12BrN3O2S/c13-11-4-2-1-3-9(11)7-16-19(17,18)10-5-6-12(14)15-8-10/h1-6,8,16H,7H2,(H2,14,15). The van der Waals surface area contributed by atoms with Crippen molar-refractivity contribution in [3.63, 3.8) is 0 Å². The Hall–Kier alpha value is -1.44. The normalized spacial score (nSPS) is 11.4. The van der Waals surface area contributed by atoms with Crippen LogP contribution in [0.15, 0.2) is 52.0 Å². The summed E-state index contributed by atoms with van der Waals surface area (Å²) in [5.74, 6) is 0.282. The van der Waals surface area contributed by atoms with E-state index < -0.39 is 10.0 Å². The van der Waals surface area contributed by atoms with Gasteiger partial charge in [0.25, 0.3) is 0 Å². The molecule has 0 bridgehead atoms. The Bertz CT molecular complexity index is 672. The molecule has 0 radical (unpaired) electrons. The second-order valence-electron chi connectivity index (χ2n) is 3.83. The Morgan fingerprint density at radius 2 is 1.95 bits per heavy atom. The molecule has 0 unspecified atom stereocenters. The number of pyridine rings is 1. The van der Waals surface area contributed by atoms with Gasteiger partial charge < -0.3 is 5.73 Å². The van der Waals surface area contributed by atoms with E-state index in [2.05, 4.69) is 25.6 Å². The van der Waals surface area contributed by atoms with Crippen LogP contribution in [0.5, 0.6) is 0 Å². The van der Waals surface area contributed by atoms with Crippen LogP contribution in [0.3, 0.4) is 0 Å². The van der Waals surface area contributed by atoms with Crippen LogP contribution in [0.1, 0.15) is 5.56 Å². The summed E-state index contributed by atoms with van der Waals surface area (Å²) in [4.78, 5) is 3.86. The molecular weight excluding hydrogens is 330 g/mol. The predicted molar refractivity (Wildman–Crippen MR) is 76.8 cm³/mol. The van der Waals surface area contributed by atoms with Gasteiger partial charge in [0.2, 0.25) is 10.0 Å². The maximum atomic E-state index is 12.0. The van der Waals surface area contributed by atoms with Gasteiger partial charge in [0, 0.05) is 17.2 Å². The number of rotatable bonds is 4. The number of nitrogens with zero attached hydrogens (tertiary/aromatic N) is 1. The predicted octanol–water partition coefficient (Wildman–Crippen LogP) is 1.90. The third-order valence-corrected chi connectivity index (χ3v) is 4.64. The highest BCUT2D eigenvalue weighted by molar-refractivity contribution is 9.10. The number of sulfonamides is 1. The van der Waals surface area contributed by atoms with E-state index in [0.29, 0.717) is 0 Å². The van der Waals surface area contributed by atoms with Gasteiger partial charge in [0.15, 0.2) is 0 Å². The third-order valence-electron chi connectivity index (χ3n) is 2.48. The van der Waals surface area contributed by atoms with E-state index in [1.165, 1.54) is 18.3 Å². The van der Waals surface area contributed by atoms with Gasteiger partial charge >= 0.3 is 0 Å². The van der Waals surface area contributed by atoms with E-state index in [9.17, 15) is 8.42 Å². The molecule has 0 saturated carbocycles. The molecular formula is C12H12BrN3O2S. The highest BCUT2D eigenvalue weighted by atomic mass is 79.9. The molecule has 5 nitrogen and oxygen atoms in total. The van der Waals surface area contributed by atoms with Crippen molar-refractivity contribution in [2.45, 2.75) is 11.4 Å². The van der Waals surface area contributed by atoms with Crippen molar-refractivity contribution >= 4 is 31.8 Å². The van der Waals surface area contributed by atoms with Crippen molar-refractivity contribution in [3.8, 4) is 0 Å². The fourth-order valence-electron chi connectivity index (χ4n) is 1.45. The summed E-state index contributed by atoms with van der Waals surface area (Å²) in [6.45, 7) is 0.203. The van der Waals surface area contributed by atoms with Crippen molar-refractivity contribution in [1.82, 2.24) is 9.71 Å². The van der Waals surface area contributed by atoms with Crippen LogP contribution in [0.2, 0.25) is 0 Å². The average Bonchev–Trinajstić information content (AvgIpc) is 2.38. The van der Waals surface area contributed by atoms with E-state index in [4.69, 9.17) is 5.73 Å². The number of anilines is 1. The molecule has 0 saturated heterocycles. The summed E-state index contributed by atoms with van der Waals surface area (Å²) in [5.41, 5.74) is 6.28. The van der Waals surface area contributed by atoms with Crippen molar-refractivity contribution < 1.29 is 8.42 Å². The zero-order valence-corrected chi connectivity index (χ0v) is 12.3. The molecule has 0 spiro atoms. The lowest BCUT2D eigenvalue weighted by molar-refractivity contribution is 0.581. The minimum absolute atomic E-state index is 0.0914. The van der Waals surface area contributed by atoms with Gasteiger partial charge in [-0.3, -0.25) is 0 Å². The SMILES string of the molecule is Nc1ccc(S(=O)(=O)NCc2ccccc2Br)cn1. The lowest BCUT2D eigenvalue weighted by Gasteiger charge is -2.08. The zero-order chi connectivity index (χ0) is 13.9. The number of hydrogen-bond donors (Lipinski definition) is 2. The summed E-state index contributed by atoms with van der Waals surface area (Å²) < 4.78 is 27.4. The topological polar surface area (TPSA) is 85.1 Å². The first-order valence-corrected chi connectivity index (χ1v) is 7.71. The lowest BCUT2D eigenvalue weighted by atomic mass is 10.2. The Morgan fingerprint density at radius 3 is 2.58 bits per heavy atom. The summed E-state index contributed by atoms with van der Waals surface area (Å²) in [7, 11) is -3.58. The molecule has 0 aliphatic rings. The van der Waals surface area contributed by atoms with Crippen LogP contribution in [-0.2, 0) is 16.6 Å². The largest absolute Gasteiger partial charge is 0.384 e. The molecule has 100 valence electrons. The maximum Gasteiger partial charge on any atom is 0.242 e. The fourth-order valence-corrected chi connectivity index (χ4v) is 2.82. The van der Waals surface area contributed by atoms with Crippen LogP contribution in [-0.4, -0.2) is 13.4 Å². The number of hydrogen-bond acceptors (Lipinski definition) is 4. The Kier molecular flexibility index (Phi) is 4.18. The minimum Gasteiger partial charge on any atom is -0.384 e. The van der Waals surface area contributed by atoms with Crippen LogP contribution < -0.4 is 10.5 Å². The number of benzene rings is 1. The molecule has 1 heterocycles. The molecule has 2 aromatic rings. The van der Waals surface area contributed by atoms with Gasteiger partial charge in [-0.05, 0) is 23.8 Å². The summed E-state index contributed by atoms with van der Waals surface area (Å²) in [5, 5.41) is 0. The number of nitrogen functional groups attached to an aromatic ring is 1. The smallest absolute Gasteiger partial charge is 0.242 e. The van der Waals surface area contributed by atoms with E-state index in [1.807, 2.05) is 24.3 Å². The van der Waals surface area contributed by atoms with Gasteiger partial charge in [-0.1, -0.05) is 34.1 Å². The molecule has 7 heteroatoms. The van der Waals surface area contributed by atoms with Crippen molar-refractivity contribution in [3.05, 3.63) is 52.6 Å². The maximum absolute atomic E-state index is 12.0. The monoisotopic (exact) mass is 341 g/mol.